The molecule has 2 aromatic heterocycles. The maximum absolute atomic E-state index is 13.5. The Morgan fingerprint density at radius 3 is 2.86 bits per heavy atom. The zero-order valence-electron chi connectivity index (χ0n) is 11.9. The second-order valence-electron chi connectivity index (χ2n) is 5.24. The Morgan fingerprint density at radius 2 is 2.19 bits per heavy atom. The molecule has 1 aliphatic rings. The number of likely N-dealkylation sites (tertiary alicyclic amines) is 1. The van der Waals surface area contributed by atoms with Crippen LogP contribution in [0.3, 0.4) is 0 Å². The number of halogens is 1. The summed E-state index contributed by atoms with van der Waals surface area (Å²) in [5.74, 6) is 0.647. The van der Waals surface area contributed by atoms with Gasteiger partial charge in [0.25, 0.3) is 5.88 Å². The molecule has 3 rings (SSSR count). The van der Waals surface area contributed by atoms with Crippen molar-refractivity contribution in [1.29, 1.82) is 0 Å². The van der Waals surface area contributed by atoms with Crippen molar-refractivity contribution in [2.75, 3.05) is 13.1 Å². The van der Waals surface area contributed by atoms with E-state index in [1.807, 2.05) is 11.6 Å². The summed E-state index contributed by atoms with van der Waals surface area (Å²) in [6.45, 7) is 2.57. The first-order chi connectivity index (χ1) is 10.2. The molecule has 0 atom stereocenters. The number of piperidine rings is 1. The summed E-state index contributed by atoms with van der Waals surface area (Å²) in [5, 5.41) is 7.97. The number of aromatic nitrogens is 4. The van der Waals surface area contributed by atoms with E-state index in [1.54, 1.807) is 18.6 Å². The first-order valence-electron chi connectivity index (χ1n) is 7.05. The molecule has 0 aliphatic carbocycles. The van der Waals surface area contributed by atoms with Crippen LogP contribution in [0, 0.1) is 5.82 Å². The number of hydrogen-bond donors (Lipinski definition) is 0. The van der Waals surface area contributed by atoms with Gasteiger partial charge >= 0.3 is 0 Å². The standard InChI is InChI=1S/C14H18FN5O/c1-19-10-17-18-13(19)9-20-7-4-11(5-8-20)21-14-12(15)3-2-6-16-14/h2-3,6,10-11H,4-5,7-9H2,1H3. The fraction of sp³-hybridized carbons (Fsp3) is 0.500. The van der Waals surface area contributed by atoms with Crippen molar-refractivity contribution in [1.82, 2.24) is 24.6 Å². The van der Waals surface area contributed by atoms with Crippen LogP contribution in [-0.4, -0.2) is 43.8 Å². The lowest BCUT2D eigenvalue weighted by Crippen LogP contribution is -2.38. The summed E-state index contributed by atoms with van der Waals surface area (Å²) in [4.78, 5) is 6.24. The molecule has 0 spiro atoms. The van der Waals surface area contributed by atoms with E-state index in [4.69, 9.17) is 4.74 Å². The van der Waals surface area contributed by atoms with Crippen molar-refractivity contribution in [2.45, 2.75) is 25.5 Å². The van der Waals surface area contributed by atoms with Crippen molar-refractivity contribution in [3.8, 4) is 5.88 Å². The largest absolute Gasteiger partial charge is 0.472 e. The summed E-state index contributed by atoms with van der Waals surface area (Å²) in [5.41, 5.74) is 0. The van der Waals surface area contributed by atoms with E-state index in [9.17, 15) is 4.39 Å². The first kappa shape index (κ1) is 13.9. The highest BCUT2D eigenvalue weighted by molar-refractivity contribution is 5.13. The molecular weight excluding hydrogens is 273 g/mol. The molecule has 1 aliphatic heterocycles. The highest BCUT2D eigenvalue weighted by Gasteiger charge is 2.22. The van der Waals surface area contributed by atoms with Gasteiger partial charge in [-0.3, -0.25) is 4.90 Å². The molecule has 2 aromatic rings. The van der Waals surface area contributed by atoms with Crippen molar-refractivity contribution in [3.63, 3.8) is 0 Å². The predicted octanol–water partition coefficient (Wildman–Crippen LogP) is 1.39. The van der Waals surface area contributed by atoms with E-state index in [0.717, 1.165) is 38.3 Å². The number of rotatable bonds is 4. The lowest BCUT2D eigenvalue weighted by Gasteiger charge is -2.31. The van der Waals surface area contributed by atoms with Crippen LogP contribution in [0.2, 0.25) is 0 Å². The lowest BCUT2D eigenvalue weighted by molar-refractivity contribution is 0.0878. The maximum atomic E-state index is 13.5. The van der Waals surface area contributed by atoms with Gasteiger partial charge in [-0.1, -0.05) is 0 Å². The molecule has 0 aromatic carbocycles. The SMILES string of the molecule is Cn1cnnc1CN1CCC(Oc2ncccc2F)CC1. The van der Waals surface area contributed by atoms with Crippen LogP contribution in [0.25, 0.3) is 0 Å². The Labute approximate surface area is 122 Å². The van der Waals surface area contributed by atoms with Crippen LogP contribution in [0.4, 0.5) is 4.39 Å². The number of ether oxygens (including phenoxy) is 1. The van der Waals surface area contributed by atoms with Crippen molar-refractivity contribution in [2.24, 2.45) is 7.05 Å². The quantitative estimate of drug-likeness (QED) is 0.852. The Kier molecular flexibility index (Phi) is 4.10. The zero-order valence-corrected chi connectivity index (χ0v) is 11.9. The minimum Gasteiger partial charge on any atom is -0.472 e. The summed E-state index contributed by atoms with van der Waals surface area (Å²) in [7, 11) is 1.94. The number of hydrogen-bond acceptors (Lipinski definition) is 5. The van der Waals surface area contributed by atoms with Crippen LogP contribution < -0.4 is 4.74 Å². The average molecular weight is 291 g/mol. The second kappa shape index (κ2) is 6.17. The van der Waals surface area contributed by atoms with Gasteiger partial charge in [-0.15, -0.1) is 10.2 Å². The lowest BCUT2D eigenvalue weighted by atomic mass is 10.1. The monoisotopic (exact) mass is 291 g/mol. The fourth-order valence-electron chi connectivity index (χ4n) is 2.45. The molecule has 21 heavy (non-hydrogen) atoms. The molecule has 3 heterocycles. The Hall–Kier alpha value is -2.02. The summed E-state index contributed by atoms with van der Waals surface area (Å²) in [6, 6.07) is 2.93. The van der Waals surface area contributed by atoms with Gasteiger partial charge in [0.1, 0.15) is 18.3 Å². The van der Waals surface area contributed by atoms with E-state index in [1.165, 1.54) is 6.07 Å². The molecule has 0 radical (unpaired) electrons. The fourth-order valence-corrected chi connectivity index (χ4v) is 2.45. The molecular formula is C14H18FN5O. The molecule has 0 amide bonds. The van der Waals surface area contributed by atoms with Crippen LogP contribution in [0.5, 0.6) is 5.88 Å². The summed E-state index contributed by atoms with van der Waals surface area (Å²) >= 11 is 0. The molecule has 1 saturated heterocycles. The third-order valence-corrected chi connectivity index (χ3v) is 3.71. The van der Waals surface area contributed by atoms with E-state index in [0.29, 0.717) is 0 Å². The maximum Gasteiger partial charge on any atom is 0.250 e. The van der Waals surface area contributed by atoms with Gasteiger partial charge in [0, 0.05) is 26.3 Å². The zero-order chi connectivity index (χ0) is 14.7. The average Bonchev–Trinajstić information content (AvgIpc) is 2.89. The molecule has 1 fully saturated rings. The number of aryl methyl sites for hydroxylation is 1. The Bertz CT molecular complexity index is 595. The highest BCUT2D eigenvalue weighted by atomic mass is 19.1. The molecule has 7 heteroatoms. The smallest absolute Gasteiger partial charge is 0.250 e. The molecule has 112 valence electrons. The highest BCUT2D eigenvalue weighted by Crippen LogP contribution is 2.20. The third kappa shape index (κ3) is 3.36. The van der Waals surface area contributed by atoms with Crippen molar-refractivity contribution in [3.05, 3.63) is 36.3 Å². The molecule has 6 nitrogen and oxygen atoms in total. The van der Waals surface area contributed by atoms with Crippen LogP contribution in [0.1, 0.15) is 18.7 Å². The number of nitrogens with zero attached hydrogens (tertiary/aromatic N) is 5. The normalized spacial score (nSPS) is 17.0. The minimum absolute atomic E-state index is 0.0187. The molecule has 0 N–H and O–H groups in total. The molecule has 0 bridgehead atoms. The van der Waals surface area contributed by atoms with E-state index < -0.39 is 5.82 Å². The van der Waals surface area contributed by atoms with Gasteiger partial charge in [0.15, 0.2) is 5.82 Å². The third-order valence-electron chi connectivity index (χ3n) is 3.71. The van der Waals surface area contributed by atoms with Gasteiger partial charge in [0.05, 0.1) is 6.54 Å². The van der Waals surface area contributed by atoms with Crippen LogP contribution in [-0.2, 0) is 13.6 Å². The second-order valence-corrected chi connectivity index (χ2v) is 5.24. The van der Waals surface area contributed by atoms with Gasteiger partial charge in [-0.25, -0.2) is 9.37 Å². The van der Waals surface area contributed by atoms with E-state index >= 15 is 0 Å². The summed E-state index contributed by atoms with van der Waals surface area (Å²) < 4.78 is 21.1. The molecule has 0 saturated carbocycles. The van der Waals surface area contributed by atoms with Crippen LogP contribution in [0.15, 0.2) is 24.7 Å². The van der Waals surface area contributed by atoms with Crippen LogP contribution >= 0.6 is 0 Å². The van der Waals surface area contributed by atoms with E-state index in [2.05, 4.69) is 20.1 Å². The van der Waals surface area contributed by atoms with Crippen molar-refractivity contribution < 1.29 is 9.13 Å². The minimum atomic E-state index is -0.404. The topological polar surface area (TPSA) is 56.1 Å². The Morgan fingerprint density at radius 1 is 1.38 bits per heavy atom. The van der Waals surface area contributed by atoms with E-state index in [-0.39, 0.29) is 12.0 Å². The van der Waals surface area contributed by atoms with Gasteiger partial charge in [-0.2, -0.15) is 0 Å². The summed E-state index contributed by atoms with van der Waals surface area (Å²) in [6.07, 6.45) is 4.98. The van der Waals surface area contributed by atoms with Gasteiger partial charge in [-0.05, 0) is 25.0 Å². The van der Waals surface area contributed by atoms with Gasteiger partial charge in [0.2, 0.25) is 0 Å². The van der Waals surface area contributed by atoms with Gasteiger partial charge < -0.3 is 9.30 Å². The number of pyridine rings is 1. The first-order valence-corrected chi connectivity index (χ1v) is 7.05. The Balaban J connectivity index is 1.51. The molecule has 0 unspecified atom stereocenters. The predicted molar refractivity (Wildman–Crippen MR) is 74.1 cm³/mol. The van der Waals surface area contributed by atoms with Crippen molar-refractivity contribution >= 4 is 0 Å².